The first-order chi connectivity index (χ1) is 16.0. The predicted molar refractivity (Wildman–Crippen MR) is 130 cm³/mol. The highest BCUT2D eigenvalue weighted by molar-refractivity contribution is 8.00. The van der Waals surface area contributed by atoms with E-state index in [2.05, 4.69) is 4.90 Å². The third-order valence-electron chi connectivity index (χ3n) is 6.09. The maximum absolute atomic E-state index is 12.8. The van der Waals surface area contributed by atoms with Crippen LogP contribution in [0.2, 0.25) is 5.02 Å². The van der Waals surface area contributed by atoms with Crippen molar-refractivity contribution >= 4 is 35.2 Å². The average molecular weight is 490 g/mol. The number of hydrogen-bond donors (Lipinski definition) is 0. The summed E-state index contributed by atoms with van der Waals surface area (Å²) in [6.45, 7) is 4.18. The van der Waals surface area contributed by atoms with Crippen LogP contribution in [0.1, 0.15) is 21.3 Å². The van der Waals surface area contributed by atoms with Gasteiger partial charge in [-0.25, -0.2) is 0 Å². The van der Waals surface area contributed by atoms with Crippen molar-refractivity contribution in [2.45, 2.75) is 5.37 Å². The van der Waals surface area contributed by atoms with E-state index >= 15 is 0 Å². The molecule has 0 spiro atoms. The highest BCUT2D eigenvalue weighted by atomic mass is 35.5. The van der Waals surface area contributed by atoms with E-state index in [1.54, 1.807) is 38.1 Å². The molecule has 0 saturated carbocycles. The van der Waals surface area contributed by atoms with Gasteiger partial charge in [-0.05, 0) is 30.3 Å². The summed E-state index contributed by atoms with van der Waals surface area (Å²) >= 11 is 7.80. The fourth-order valence-electron chi connectivity index (χ4n) is 4.21. The van der Waals surface area contributed by atoms with Crippen LogP contribution in [-0.4, -0.2) is 85.8 Å². The van der Waals surface area contributed by atoms with Crippen molar-refractivity contribution in [3.05, 3.63) is 58.6 Å². The number of benzene rings is 2. The van der Waals surface area contributed by atoms with Crippen molar-refractivity contribution in [1.29, 1.82) is 0 Å². The van der Waals surface area contributed by atoms with E-state index < -0.39 is 0 Å². The molecule has 2 saturated heterocycles. The molecular formula is C24H28ClN3O4S. The van der Waals surface area contributed by atoms with Gasteiger partial charge in [0.05, 0.1) is 30.6 Å². The number of carbonyl (C=O) groups excluding carboxylic acids is 2. The largest absolute Gasteiger partial charge is 0.497 e. The van der Waals surface area contributed by atoms with Gasteiger partial charge in [-0.15, -0.1) is 11.8 Å². The van der Waals surface area contributed by atoms with Crippen molar-refractivity contribution in [2.24, 2.45) is 0 Å². The fourth-order valence-corrected chi connectivity index (χ4v) is 5.66. The summed E-state index contributed by atoms with van der Waals surface area (Å²) < 4.78 is 10.9. The van der Waals surface area contributed by atoms with Crippen molar-refractivity contribution in [2.75, 3.05) is 59.2 Å². The number of thioether (sulfide) groups is 1. The summed E-state index contributed by atoms with van der Waals surface area (Å²) in [7, 11) is 3.27. The summed E-state index contributed by atoms with van der Waals surface area (Å²) in [6, 6.07) is 12.8. The summed E-state index contributed by atoms with van der Waals surface area (Å²) in [5, 5.41) is 0.375. The minimum absolute atomic E-state index is 0.0310. The molecule has 9 heteroatoms. The molecule has 2 aliphatic heterocycles. The standard InChI is InChI=1S/C24H28ClN3O4S/c1-31-17-7-8-21(32-2)19(15-17)24-28(22(29)16-33-24)14-11-26-9-12-27(13-10-26)23(30)18-5-3-4-6-20(18)25/h3-8,15,24H,9-14,16H2,1-2H3. The molecular weight excluding hydrogens is 462 g/mol. The molecule has 0 radical (unpaired) electrons. The van der Waals surface area contributed by atoms with E-state index in [-0.39, 0.29) is 17.2 Å². The Morgan fingerprint density at radius 1 is 1.06 bits per heavy atom. The number of amides is 2. The average Bonchev–Trinajstić information content (AvgIpc) is 3.22. The Labute approximate surface area is 203 Å². The van der Waals surface area contributed by atoms with Crippen LogP contribution in [0.4, 0.5) is 0 Å². The van der Waals surface area contributed by atoms with Gasteiger partial charge >= 0.3 is 0 Å². The molecule has 1 unspecified atom stereocenters. The lowest BCUT2D eigenvalue weighted by Crippen LogP contribution is -2.50. The van der Waals surface area contributed by atoms with E-state index in [0.717, 1.165) is 36.7 Å². The van der Waals surface area contributed by atoms with Gasteiger partial charge < -0.3 is 19.3 Å². The molecule has 2 fully saturated rings. The molecule has 2 aromatic rings. The highest BCUT2D eigenvalue weighted by Gasteiger charge is 2.35. The van der Waals surface area contributed by atoms with Crippen LogP contribution in [-0.2, 0) is 4.79 Å². The maximum atomic E-state index is 12.8. The Kier molecular flexibility index (Phi) is 7.67. The quantitative estimate of drug-likeness (QED) is 0.594. The number of rotatable bonds is 7. The van der Waals surface area contributed by atoms with Gasteiger partial charge in [0.25, 0.3) is 5.91 Å². The van der Waals surface area contributed by atoms with E-state index in [1.165, 1.54) is 0 Å². The second-order valence-electron chi connectivity index (χ2n) is 7.97. The van der Waals surface area contributed by atoms with Crippen molar-refractivity contribution in [3.8, 4) is 11.5 Å². The Morgan fingerprint density at radius 2 is 1.82 bits per heavy atom. The SMILES string of the molecule is COc1ccc(OC)c(C2SCC(=O)N2CCN2CCN(C(=O)c3ccccc3Cl)CC2)c1. The van der Waals surface area contributed by atoms with Gasteiger partial charge in [0.15, 0.2) is 0 Å². The smallest absolute Gasteiger partial charge is 0.255 e. The molecule has 33 heavy (non-hydrogen) atoms. The summed E-state index contributed by atoms with van der Waals surface area (Å²) in [5.41, 5.74) is 1.49. The van der Waals surface area contributed by atoms with Crippen LogP contribution in [0, 0.1) is 0 Å². The first-order valence-electron chi connectivity index (χ1n) is 10.9. The molecule has 2 aliphatic rings. The maximum Gasteiger partial charge on any atom is 0.255 e. The lowest BCUT2D eigenvalue weighted by molar-refractivity contribution is -0.128. The van der Waals surface area contributed by atoms with Crippen LogP contribution >= 0.6 is 23.4 Å². The number of halogens is 1. The Morgan fingerprint density at radius 3 is 2.52 bits per heavy atom. The molecule has 2 aromatic carbocycles. The number of carbonyl (C=O) groups is 2. The Hall–Kier alpha value is -2.42. The zero-order valence-corrected chi connectivity index (χ0v) is 20.4. The predicted octanol–water partition coefficient (Wildman–Crippen LogP) is 3.39. The monoisotopic (exact) mass is 489 g/mol. The van der Waals surface area contributed by atoms with E-state index in [4.69, 9.17) is 21.1 Å². The zero-order chi connectivity index (χ0) is 23.4. The number of nitrogens with zero attached hydrogens (tertiary/aromatic N) is 3. The van der Waals surface area contributed by atoms with Gasteiger partial charge in [0, 0.05) is 44.8 Å². The first-order valence-corrected chi connectivity index (χ1v) is 12.3. The van der Waals surface area contributed by atoms with Crippen molar-refractivity contribution in [3.63, 3.8) is 0 Å². The van der Waals surface area contributed by atoms with Crippen LogP contribution in [0.25, 0.3) is 0 Å². The Bertz CT molecular complexity index is 1010. The molecule has 0 aliphatic carbocycles. The fraction of sp³-hybridized carbons (Fsp3) is 0.417. The van der Waals surface area contributed by atoms with Gasteiger partial charge in [0.1, 0.15) is 16.9 Å². The van der Waals surface area contributed by atoms with Crippen LogP contribution < -0.4 is 9.47 Å². The Balaban J connectivity index is 1.36. The lowest BCUT2D eigenvalue weighted by atomic mass is 10.1. The molecule has 0 aromatic heterocycles. The second kappa shape index (κ2) is 10.7. The van der Waals surface area contributed by atoms with Crippen LogP contribution in [0.5, 0.6) is 11.5 Å². The molecule has 2 heterocycles. The molecule has 1 atom stereocenters. The topological polar surface area (TPSA) is 62.3 Å². The van der Waals surface area contributed by atoms with Crippen LogP contribution in [0.3, 0.4) is 0 Å². The minimum atomic E-state index is -0.106. The lowest BCUT2D eigenvalue weighted by Gasteiger charge is -2.36. The number of hydrogen-bond acceptors (Lipinski definition) is 6. The summed E-state index contributed by atoms with van der Waals surface area (Å²) in [6.07, 6.45) is 0. The minimum Gasteiger partial charge on any atom is -0.497 e. The zero-order valence-electron chi connectivity index (χ0n) is 18.8. The van der Waals surface area contributed by atoms with Gasteiger partial charge in [-0.3, -0.25) is 14.5 Å². The van der Waals surface area contributed by atoms with Gasteiger partial charge in [0.2, 0.25) is 5.91 Å². The molecule has 0 bridgehead atoms. The number of piperazine rings is 1. The first kappa shape index (κ1) is 23.7. The molecule has 7 nitrogen and oxygen atoms in total. The van der Waals surface area contributed by atoms with Crippen molar-refractivity contribution in [1.82, 2.24) is 14.7 Å². The molecule has 176 valence electrons. The number of ether oxygens (including phenoxy) is 2. The van der Waals surface area contributed by atoms with E-state index in [1.807, 2.05) is 40.1 Å². The van der Waals surface area contributed by atoms with E-state index in [0.29, 0.717) is 36.0 Å². The third-order valence-corrected chi connectivity index (χ3v) is 7.66. The third kappa shape index (κ3) is 5.23. The van der Waals surface area contributed by atoms with Gasteiger partial charge in [-0.1, -0.05) is 23.7 Å². The second-order valence-corrected chi connectivity index (χ2v) is 9.45. The van der Waals surface area contributed by atoms with Gasteiger partial charge in [-0.2, -0.15) is 0 Å². The molecule has 4 rings (SSSR count). The number of methoxy groups -OCH3 is 2. The van der Waals surface area contributed by atoms with Crippen LogP contribution in [0.15, 0.2) is 42.5 Å². The van der Waals surface area contributed by atoms with Crippen molar-refractivity contribution < 1.29 is 19.1 Å². The van der Waals surface area contributed by atoms with E-state index in [9.17, 15) is 9.59 Å². The molecule has 0 N–H and O–H groups in total. The summed E-state index contributed by atoms with van der Waals surface area (Å²) in [4.78, 5) is 31.5. The molecule has 2 amide bonds. The highest BCUT2D eigenvalue weighted by Crippen LogP contribution is 2.43. The summed E-state index contributed by atoms with van der Waals surface area (Å²) in [5.74, 6) is 2.04. The normalized spacial score (nSPS) is 19.1.